The molecular weight excluding hydrogens is 356 g/mol. The van der Waals surface area contributed by atoms with E-state index in [4.69, 9.17) is 0 Å². The molecule has 0 saturated carbocycles. The van der Waals surface area contributed by atoms with Gasteiger partial charge in [-0.3, -0.25) is 4.79 Å². The first-order valence-corrected chi connectivity index (χ1v) is 9.06. The minimum Gasteiger partial charge on any atom is -0.311 e. The van der Waals surface area contributed by atoms with E-state index in [0.717, 1.165) is 11.4 Å². The maximum atomic E-state index is 12.1. The van der Waals surface area contributed by atoms with Crippen molar-refractivity contribution >= 4 is 17.4 Å². The zero-order chi connectivity index (χ0) is 19.5. The van der Waals surface area contributed by atoms with E-state index in [9.17, 15) is 4.79 Å². The molecule has 0 aliphatic carbocycles. The Labute approximate surface area is 161 Å². The van der Waals surface area contributed by atoms with Gasteiger partial charge >= 0.3 is 0 Å². The van der Waals surface area contributed by atoms with Crippen molar-refractivity contribution in [1.82, 2.24) is 34.6 Å². The number of pyridine rings is 1. The Morgan fingerprint density at radius 2 is 2.00 bits per heavy atom. The molecule has 0 bridgehead atoms. The van der Waals surface area contributed by atoms with Gasteiger partial charge in [-0.25, -0.2) is 9.67 Å². The average Bonchev–Trinajstić information content (AvgIpc) is 3.24. The molecule has 0 unspecified atom stereocenters. The highest BCUT2D eigenvalue weighted by Crippen LogP contribution is 2.12. The summed E-state index contributed by atoms with van der Waals surface area (Å²) in [4.78, 5) is 16.2. The van der Waals surface area contributed by atoms with Crippen LogP contribution in [0.25, 0.3) is 11.5 Å². The first-order valence-electron chi connectivity index (χ1n) is 9.06. The Balaban J connectivity index is 1.45. The van der Waals surface area contributed by atoms with Crippen molar-refractivity contribution in [2.45, 2.75) is 33.1 Å². The van der Waals surface area contributed by atoms with Crippen LogP contribution in [0.5, 0.6) is 0 Å². The van der Waals surface area contributed by atoms with Crippen molar-refractivity contribution in [1.29, 1.82) is 0 Å². The lowest BCUT2D eigenvalue weighted by Crippen LogP contribution is -2.13. The van der Waals surface area contributed by atoms with E-state index in [-0.39, 0.29) is 5.91 Å². The van der Waals surface area contributed by atoms with Gasteiger partial charge in [0.25, 0.3) is 0 Å². The topological polar surface area (TPSA) is 103 Å². The first kappa shape index (κ1) is 17.8. The van der Waals surface area contributed by atoms with Gasteiger partial charge in [0.15, 0.2) is 17.3 Å². The number of aryl methyl sites for hydroxylation is 3. The van der Waals surface area contributed by atoms with Crippen LogP contribution in [-0.2, 0) is 11.2 Å². The number of nitrogens with zero attached hydrogens (tertiary/aromatic N) is 7. The van der Waals surface area contributed by atoms with E-state index in [2.05, 4.69) is 30.7 Å². The van der Waals surface area contributed by atoms with E-state index in [1.807, 2.05) is 38.1 Å². The Morgan fingerprint density at radius 1 is 1.11 bits per heavy atom. The summed E-state index contributed by atoms with van der Waals surface area (Å²) in [6.45, 7) is 3.93. The number of amides is 1. The summed E-state index contributed by atoms with van der Waals surface area (Å²) in [7, 11) is 0. The molecule has 1 amide bonds. The van der Waals surface area contributed by atoms with Crippen LogP contribution in [0.1, 0.15) is 30.1 Å². The predicted molar refractivity (Wildman–Crippen MR) is 103 cm³/mol. The first-order chi connectivity index (χ1) is 13.6. The van der Waals surface area contributed by atoms with Crippen LogP contribution in [0.3, 0.4) is 0 Å². The van der Waals surface area contributed by atoms with Gasteiger partial charge in [-0.2, -0.15) is 9.61 Å². The fourth-order valence-corrected chi connectivity index (χ4v) is 3.00. The normalized spacial score (nSPS) is 11.1. The molecule has 0 fully saturated rings. The van der Waals surface area contributed by atoms with Crippen molar-refractivity contribution < 1.29 is 4.79 Å². The fraction of sp³-hybridized carbons (Fsp3) is 0.263. The van der Waals surface area contributed by atoms with Gasteiger partial charge in [0, 0.05) is 24.7 Å². The van der Waals surface area contributed by atoms with Crippen LogP contribution < -0.4 is 5.32 Å². The number of hydrogen-bond donors (Lipinski definition) is 1. The lowest BCUT2D eigenvalue weighted by molar-refractivity contribution is -0.116. The minimum absolute atomic E-state index is 0.0798. The van der Waals surface area contributed by atoms with Crippen molar-refractivity contribution in [3.05, 3.63) is 59.8 Å². The summed E-state index contributed by atoms with van der Waals surface area (Å²) >= 11 is 0. The minimum atomic E-state index is -0.0798. The van der Waals surface area contributed by atoms with Crippen molar-refractivity contribution in [2.24, 2.45) is 0 Å². The van der Waals surface area contributed by atoms with Gasteiger partial charge < -0.3 is 5.32 Å². The SMILES string of the molecule is Cc1cc(C)n(-c2ccc3nnc(CCCC(=O)Nc4ccccn4)n3n2)n1. The molecule has 0 radical (unpaired) electrons. The molecule has 0 saturated heterocycles. The van der Waals surface area contributed by atoms with Gasteiger partial charge in [0.2, 0.25) is 5.91 Å². The van der Waals surface area contributed by atoms with Crippen LogP contribution in [0.4, 0.5) is 5.82 Å². The lowest BCUT2D eigenvalue weighted by atomic mass is 10.2. The van der Waals surface area contributed by atoms with Crippen LogP contribution in [0.2, 0.25) is 0 Å². The summed E-state index contributed by atoms with van der Waals surface area (Å²) in [6.07, 6.45) is 3.22. The second kappa shape index (κ2) is 7.55. The standard InChI is InChI=1S/C19H20N8O/c1-13-12-14(2)26(24-13)18-10-9-17-23-22-16(27(17)25-18)7-5-8-19(28)21-15-6-3-4-11-20-15/h3-4,6,9-12H,5,7-8H2,1-2H3,(H,20,21,28). The lowest BCUT2D eigenvalue weighted by Gasteiger charge is -2.05. The van der Waals surface area contributed by atoms with Crippen LogP contribution in [-0.4, -0.2) is 40.5 Å². The van der Waals surface area contributed by atoms with E-state index < -0.39 is 0 Å². The van der Waals surface area contributed by atoms with Crippen LogP contribution >= 0.6 is 0 Å². The van der Waals surface area contributed by atoms with E-state index in [1.165, 1.54) is 0 Å². The highest BCUT2D eigenvalue weighted by atomic mass is 16.1. The maximum Gasteiger partial charge on any atom is 0.225 e. The highest BCUT2D eigenvalue weighted by molar-refractivity contribution is 5.89. The van der Waals surface area contributed by atoms with Crippen molar-refractivity contribution in [3.8, 4) is 5.82 Å². The molecule has 0 aromatic carbocycles. The van der Waals surface area contributed by atoms with Crippen molar-refractivity contribution in [3.63, 3.8) is 0 Å². The summed E-state index contributed by atoms with van der Waals surface area (Å²) in [6, 6.07) is 11.1. The van der Waals surface area contributed by atoms with Gasteiger partial charge in [0.05, 0.1) is 5.69 Å². The Bertz CT molecular complexity index is 1120. The summed E-state index contributed by atoms with van der Waals surface area (Å²) < 4.78 is 3.50. The second-order valence-corrected chi connectivity index (χ2v) is 6.53. The third-order valence-electron chi connectivity index (χ3n) is 4.28. The van der Waals surface area contributed by atoms with Gasteiger partial charge in [-0.15, -0.1) is 15.3 Å². The van der Waals surface area contributed by atoms with Gasteiger partial charge in [-0.1, -0.05) is 6.07 Å². The van der Waals surface area contributed by atoms with Gasteiger partial charge in [-0.05, 0) is 50.6 Å². The zero-order valence-corrected chi connectivity index (χ0v) is 15.7. The average molecular weight is 376 g/mol. The Kier molecular flexibility index (Phi) is 4.79. The van der Waals surface area contributed by atoms with Crippen LogP contribution in [0, 0.1) is 13.8 Å². The summed E-state index contributed by atoms with van der Waals surface area (Å²) in [5, 5.41) is 20.2. The molecule has 4 aromatic heterocycles. The van der Waals surface area contributed by atoms with Gasteiger partial charge in [0.1, 0.15) is 5.82 Å². The number of anilines is 1. The number of hydrogen-bond acceptors (Lipinski definition) is 6. The summed E-state index contributed by atoms with van der Waals surface area (Å²) in [5.41, 5.74) is 2.60. The van der Waals surface area contributed by atoms with Crippen LogP contribution in [0.15, 0.2) is 42.6 Å². The number of nitrogens with one attached hydrogen (secondary N) is 1. The van der Waals surface area contributed by atoms with E-state index >= 15 is 0 Å². The predicted octanol–water partition coefficient (Wildman–Crippen LogP) is 2.28. The number of aromatic nitrogens is 7. The third-order valence-corrected chi connectivity index (χ3v) is 4.28. The largest absolute Gasteiger partial charge is 0.311 e. The number of rotatable bonds is 6. The van der Waals surface area contributed by atoms with E-state index in [0.29, 0.717) is 42.4 Å². The molecule has 142 valence electrons. The Morgan fingerprint density at radius 3 is 2.75 bits per heavy atom. The molecular formula is C19H20N8O. The molecule has 4 heterocycles. The fourth-order valence-electron chi connectivity index (χ4n) is 3.00. The molecule has 0 aliphatic rings. The number of fused-ring (bicyclic) bond motifs is 1. The molecule has 4 rings (SSSR count). The molecule has 4 aromatic rings. The van der Waals surface area contributed by atoms with Crippen molar-refractivity contribution in [2.75, 3.05) is 5.32 Å². The number of carbonyl (C=O) groups is 1. The summed E-state index contributed by atoms with van der Waals surface area (Å²) in [5.74, 6) is 1.89. The molecule has 0 atom stereocenters. The molecule has 9 nitrogen and oxygen atoms in total. The second-order valence-electron chi connectivity index (χ2n) is 6.53. The molecule has 0 spiro atoms. The Hall–Kier alpha value is -3.62. The zero-order valence-electron chi connectivity index (χ0n) is 15.7. The molecule has 1 N–H and O–H groups in total. The molecule has 28 heavy (non-hydrogen) atoms. The smallest absolute Gasteiger partial charge is 0.225 e. The maximum absolute atomic E-state index is 12.1. The number of carbonyl (C=O) groups excluding carboxylic acids is 1. The molecule has 9 heteroatoms. The monoisotopic (exact) mass is 376 g/mol. The van der Waals surface area contributed by atoms with E-state index in [1.54, 1.807) is 27.5 Å². The third kappa shape index (κ3) is 3.73. The quantitative estimate of drug-likeness (QED) is 0.554. The molecule has 0 aliphatic heterocycles. The highest BCUT2D eigenvalue weighted by Gasteiger charge is 2.11.